The van der Waals surface area contributed by atoms with Crippen LogP contribution in [0.25, 0.3) is 43.6 Å². The van der Waals surface area contributed by atoms with Crippen LogP contribution in [0.4, 0.5) is 17.1 Å². The molecule has 4 heteroatoms. The van der Waals surface area contributed by atoms with E-state index in [-0.39, 0.29) is 0 Å². The highest BCUT2D eigenvalue weighted by Crippen LogP contribution is 2.68. The second-order valence-electron chi connectivity index (χ2n) is 12.0. The molecule has 1 atom stereocenters. The summed E-state index contributed by atoms with van der Waals surface area (Å²) in [5.41, 5.74) is 8.94. The first kappa shape index (κ1) is 25.7. The number of hydrogen-bond acceptors (Lipinski definition) is 3. The van der Waals surface area contributed by atoms with E-state index in [1.807, 2.05) is 30.3 Å². The van der Waals surface area contributed by atoms with Gasteiger partial charge in [0.1, 0.15) is 11.2 Å². The van der Waals surface area contributed by atoms with Gasteiger partial charge in [-0.25, -0.2) is 0 Å². The fourth-order valence-corrected chi connectivity index (χ4v) is 10.9. The summed E-state index contributed by atoms with van der Waals surface area (Å²) in [5.74, 6) is 0. The molecule has 0 amide bonds. The van der Waals surface area contributed by atoms with Gasteiger partial charge in [-0.1, -0.05) is 115 Å². The standard InChI is InChI=1S/C42H26NO2P/c44-46(30-23-21-27-11-1-2-12-28(27)25-30)40-20-10-6-16-34(40)41-32-14-3-7-17-36(32)43(37-18-8-4-15-33(37)42(41)46)29-22-24-39-35(26-29)31-13-5-9-19-38(31)45-39/h1-26H. The van der Waals surface area contributed by atoms with Crippen molar-refractivity contribution < 1.29 is 8.98 Å². The highest BCUT2D eigenvalue weighted by molar-refractivity contribution is 7.88. The minimum absolute atomic E-state index is 0.857. The topological polar surface area (TPSA) is 33.5 Å². The Hall–Kier alpha value is -5.63. The van der Waals surface area contributed by atoms with E-state index in [9.17, 15) is 0 Å². The van der Waals surface area contributed by atoms with Gasteiger partial charge in [-0.2, -0.15) is 0 Å². The molecule has 2 aliphatic heterocycles. The normalized spacial score (nSPS) is 16.7. The maximum absolute atomic E-state index is 16.2. The lowest BCUT2D eigenvalue weighted by Crippen LogP contribution is -2.17. The molecule has 1 aromatic heterocycles. The van der Waals surface area contributed by atoms with E-state index in [0.717, 1.165) is 88.0 Å². The number of nitrogens with zero attached hydrogens (tertiary/aromatic N) is 1. The second kappa shape index (κ2) is 9.44. The van der Waals surface area contributed by atoms with E-state index < -0.39 is 7.14 Å². The summed E-state index contributed by atoms with van der Waals surface area (Å²) < 4.78 is 22.4. The maximum atomic E-state index is 16.2. The molecule has 7 aromatic carbocycles. The van der Waals surface area contributed by atoms with Crippen molar-refractivity contribution in [2.45, 2.75) is 0 Å². The Labute approximate surface area is 266 Å². The third kappa shape index (κ3) is 3.41. The van der Waals surface area contributed by atoms with Crippen LogP contribution in [0.3, 0.4) is 0 Å². The number of fused-ring (bicyclic) bond motifs is 10. The van der Waals surface area contributed by atoms with Gasteiger partial charge >= 0.3 is 0 Å². The summed E-state index contributed by atoms with van der Waals surface area (Å²) in [4.78, 5) is 2.33. The lowest BCUT2D eigenvalue weighted by atomic mass is 9.95. The number of anilines is 3. The Morgan fingerprint density at radius 1 is 0.500 bits per heavy atom. The summed E-state index contributed by atoms with van der Waals surface area (Å²) in [6, 6.07) is 54.5. The number of hydrogen-bond donors (Lipinski definition) is 0. The third-order valence-electron chi connectivity index (χ3n) is 9.59. The van der Waals surface area contributed by atoms with Gasteiger partial charge in [0.15, 0.2) is 7.14 Å². The monoisotopic (exact) mass is 607 g/mol. The Morgan fingerprint density at radius 2 is 1.15 bits per heavy atom. The SMILES string of the molecule is O=P1(c2ccc3ccccc3c2)C2=C(c3ccccc3N(c3ccc4oc5ccccc5c4c3)c3ccccc32)c2ccccc21. The van der Waals surface area contributed by atoms with Crippen LogP contribution in [0, 0.1) is 0 Å². The first-order chi connectivity index (χ1) is 22.7. The molecule has 0 radical (unpaired) electrons. The molecular formula is C42H26NO2P. The van der Waals surface area contributed by atoms with Crippen LogP contribution in [-0.2, 0) is 4.57 Å². The summed E-state index contributed by atoms with van der Waals surface area (Å²) >= 11 is 0. The van der Waals surface area contributed by atoms with Crippen molar-refractivity contribution in [3.8, 4) is 0 Å². The Bertz CT molecular complexity index is 2650. The molecule has 0 saturated heterocycles. The average Bonchev–Trinajstić information content (AvgIpc) is 3.57. The summed E-state index contributed by atoms with van der Waals surface area (Å²) in [7, 11) is -3.31. The number of rotatable bonds is 2. The van der Waals surface area contributed by atoms with Crippen molar-refractivity contribution in [2.24, 2.45) is 0 Å². The number of para-hydroxylation sites is 3. The molecule has 0 aliphatic carbocycles. The lowest BCUT2D eigenvalue weighted by molar-refractivity contribution is 0.593. The molecule has 46 heavy (non-hydrogen) atoms. The van der Waals surface area contributed by atoms with Crippen molar-refractivity contribution in [1.82, 2.24) is 0 Å². The molecule has 0 fully saturated rings. The van der Waals surface area contributed by atoms with Crippen LogP contribution in [0.15, 0.2) is 162 Å². The zero-order chi connectivity index (χ0) is 30.4. The van der Waals surface area contributed by atoms with Crippen molar-refractivity contribution in [1.29, 1.82) is 0 Å². The molecule has 0 saturated carbocycles. The van der Waals surface area contributed by atoms with Gasteiger partial charge in [0, 0.05) is 49.1 Å². The number of benzene rings is 7. The van der Waals surface area contributed by atoms with Crippen LogP contribution in [-0.4, -0.2) is 0 Å². The maximum Gasteiger partial charge on any atom is 0.172 e. The van der Waals surface area contributed by atoms with Gasteiger partial charge in [0.2, 0.25) is 0 Å². The summed E-state index contributed by atoms with van der Waals surface area (Å²) in [5, 5.41) is 7.05. The van der Waals surface area contributed by atoms with E-state index in [4.69, 9.17) is 4.42 Å². The Morgan fingerprint density at radius 3 is 2.02 bits per heavy atom. The first-order valence-electron chi connectivity index (χ1n) is 15.5. The summed E-state index contributed by atoms with van der Waals surface area (Å²) in [6.45, 7) is 0. The van der Waals surface area contributed by atoms with Gasteiger partial charge < -0.3 is 13.9 Å². The minimum atomic E-state index is -3.31. The van der Waals surface area contributed by atoms with E-state index in [2.05, 4.69) is 132 Å². The largest absolute Gasteiger partial charge is 0.456 e. The van der Waals surface area contributed by atoms with Gasteiger partial charge in [0.05, 0.1) is 11.4 Å². The lowest BCUT2D eigenvalue weighted by Gasteiger charge is -2.29. The van der Waals surface area contributed by atoms with Crippen LogP contribution in [0.2, 0.25) is 0 Å². The average molecular weight is 608 g/mol. The van der Waals surface area contributed by atoms with Gasteiger partial charge in [-0.15, -0.1) is 0 Å². The second-order valence-corrected chi connectivity index (χ2v) is 14.7. The molecule has 0 bridgehead atoms. The van der Waals surface area contributed by atoms with Crippen molar-refractivity contribution in [3.63, 3.8) is 0 Å². The van der Waals surface area contributed by atoms with E-state index in [1.54, 1.807) is 0 Å². The molecule has 3 nitrogen and oxygen atoms in total. The van der Waals surface area contributed by atoms with Crippen molar-refractivity contribution in [2.75, 3.05) is 4.90 Å². The molecular weight excluding hydrogens is 581 g/mol. The molecule has 0 spiro atoms. The van der Waals surface area contributed by atoms with Crippen LogP contribution in [0.5, 0.6) is 0 Å². The van der Waals surface area contributed by atoms with Crippen LogP contribution < -0.4 is 15.5 Å². The Kier molecular flexibility index (Phi) is 5.27. The number of furan rings is 1. The molecule has 3 heterocycles. The van der Waals surface area contributed by atoms with E-state index in [0.29, 0.717) is 0 Å². The minimum Gasteiger partial charge on any atom is -0.456 e. The predicted molar refractivity (Wildman–Crippen MR) is 192 cm³/mol. The highest BCUT2D eigenvalue weighted by Gasteiger charge is 2.46. The predicted octanol–water partition coefficient (Wildman–Crippen LogP) is 10.8. The zero-order valence-electron chi connectivity index (χ0n) is 24.7. The molecule has 8 aromatic rings. The van der Waals surface area contributed by atoms with Gasteiger partial charge in [-0.05, 0) is 58.8 Å². The quantitative estimate of drug-likeness (QED) is 0.183. The molecule has 216 valence electrons. The van der Waals surface area contributed by atoms with Crippen LogP contribution in [0.1, 0.15) is 16.7 Å². The Balaban J connectivity index is 1.30. The van der Waals surface area contributed by atoms with Crippen LogP contribution >= 0.6 is 7.14 Å². The van der Waals surface area contributed by atoms with Crippen molar-refractivity contribution in [3.05, 3.63) is 174 Å². The fourth-order valence-electron chi connectivity index (χ4n) is 7.59. The molecule has 2 aliphatic rings. The van der Waals surface area contributed by atoms with E-state index in [1.165, 1.54) is 0 Å². The highest BCUT2D eigenvalue weighted by atomic mass is 31.2. The first-order valence-corrected chi connectivity index (χ1v) is 17.3. The molecule has 10 rings (SSSR count). The molecule has 0 N–H and O–H groups in total. The summed E-state index contributed by atoms with van der Waals surface area (Å²) in [6.07, 6.45) is 0. The van der Waals surface area contributed by atoms with E-state index >= 15 is 4.57 Å². The van der Waals surface area contributed by atoms with Gasteiger partial charge in [0.25, 0.3) is 0 Å². The van der Waals surface area contributed by atoms with Crippen molar-refractivity contribution >= 4 is 78.4 Å². The third-order valence-corrected chi connectivity index (χ3v) is 12.8. The zero-order valence-corrected chi connectivity index (χ0v) is 25.6. The van der Waals surface area contributed by atoms with Gasteiger partial charge in [-0.3, -0.25) is 0 Å². The fraction of sp³-hybridized carbons (Fsp3) is 0. The molecule has 1 unspecified atom stereocenters. The smallest absolute Gasteiger partial charge is 0.172 e.